The highest BCUT2D eigenvalue weighted by molar-refractivity contribution is 9.10. The largest absolute Gasteiger partial charge is 1.00 e. The van der Waals surface area contributed by atoms with E-state index in [1.54, 1.807) is 7.11 Å². The van der Waals surface area contributed by atoms with Crippen LogP contribution in [0.2, 0.25) is 0 Å². The van der Waals surface area contributed by atoms with Crippen LogP contribution in [-0.2, 0) is 45.0 Å². The molecular weight excluding hydrogens is 1150 g/mol. The Morgan fingerprint density at radius 1 is 0.464 bits per heavy atom. The Morgan fingerprint density at radius 3 is 1.11 bits per heavy atom. The summed E-state index contributed by atoms with van der Waals surface area (Å²) < 4.78 is 17.8. The number of hydrogen-bond donors (Lipinski definition) is 5. The summed E-state index contributed by atoms with van der Waals surface area (Å²) in [5, 5.41) is 23.3. The number of rotatable bonds is 14. The van der Waals surface area contributed by atoms with Gasteiger partial charge in [0.2, 0.25) is 0 Å². The second-order valence-corrected chi connectivity index (χ2v) is 21.0. The van der Waals surface area contributed by atoms with E-state index in [9.17, 15) is 0 Å². The molecule has 3 fully saturated rings. The van der Waals surface area contributed by atoms with E-state index in [0.717, 1.165) is 97.7 Å². The van der Waals surface area contributed by atoms with Crippen molar-refractivity contribution in [2.45, 2.75) is 75.0 Å². The molecule has 0 atom stereocenters. The van der Waals surface area contributed by atoms with Crippen LogP contribution in [0.3, 0.4) is 0 Å². The molecule has 5 heterocycles. The summed E-state index contributed by atoms with van der Waals surface area (Å²) in [6.07, 6.45) is 16.2. The molecule has 18 heteroatoms. The highest BCUT2D eigenvalue weighted by atomic mass is 79.9. The van der Waals surface area contributed by atoms with Crippen LogP contribution in [0.1, 0.15) is 92.2 Å². The summed E-state index contributed by atoms with van der Waals surface area (Å²) in [4.78, 5) is 48.8. The molecule has 8 aromatic rings. The normalized spacial score (nSPS) is 14.9. The van der Waals surface area contributed by atoms with Crippen molar-refractivity contribution < 1.29 is 60.7 Å². The molecule has 0 aliphatic carbocycles. The van der Waals surface area contributed by atoms with Crippen molar-refractivity contribution in [2.75, 3.05) is 59.6 Å². The average Bonchev–Trinajstić information content (AvgIpc) is 3.16. The Hall–Kier alpha value is -8.07. The number of quaternary nitrogens is 1. The molecule has 6 aromatic carbocycles. The first-order valence-electron chi connectivity index (χ1n) is 27.9. The third-order valence-electron chi connectivity index (χ3n) is 15.6. The van der Waals surface area contributed by atoms with Crippen LogP contribution in [-0.4, -0.2) is 98.4 Å². The molecule has 0 unspecified atom stereocenters. The molecular formula is C66H73BrClN7O9. The molecule has 0 amide bonds. The van der Waals surface area contributed by atoms with Crippen LogP contribution in [0.25, 0.3) is 22.3 Å². The average molecular weight is 1220 g/mol. The SMILES string of the molecule is CCCOc1ccc(C2(c3ccc(Br)cc3)CC[NH2+]CC2)cc1.CCOc1ccc(C2(c3ccc(-c4cn[nH]c4)cc3)CCNCC2)cc1.COc1ccc(C2(c3ccc(-c4cn[nH]c4)cc3)CCNCC2)cc1.O=C=O.O=C=O.O=C=O.[Cl-]. The summed E-state index contributed by atoms with van der Waals surface area (Å²) in [6, 6.07) is 52.8. The maximum absolute atomic E-state index is 8.12. The van der Waals surface area contributed by atoms with Crippen molar-refractivity contribution in [1.29, 1.82) is 0 Å². The van der Waals surface area contributed by atoms with Crippen LogP contribution < -0.4 is 42.6 Å². The van der Waals surface area contributed by atoms with E-state index in [2.05, 4.69) is 205 Å². The predicted octanol–water partition coefficient (Wildman–Crippen LogP) is 7.03. The maximum Gasteiger partial charge on any atom is 0.373 e. The lowest BCUT2D eigenvalue weighted by molar-refractivity contribution is -0.665. The Morgan fingerprint density at radius 2 is 0.786 bits per heavy atom. The van der Waals surface area contributed by atoms with Crippen LogP contribution in [0.5, 0.6) is 17.2 Å². The van der Waals surface area contributed by atoms with Gasteiger partial charge < -0.3 is 42.6 Å². The Balaban J connectivity index is 0.000000214. The highest BCUT2D eigenvalue weighted by Crippen LogP contribution is 2.44. The predicted molar refractivity (Wildman–Crippen MR) is 317 cm³/mol. The highest BCUT2D eigenvalue weighted by Gasteiger charge is 2.39. The minimum absolute atomic E-state index is 0. The number of piperidine rings is 3. The van der Waals surface area contributed by atoms with Crippen LogP contribution in [0.4, 0.5) is 0 Å². The quantitative estimate of drug-likeness (QED) is 0.0738. The lowest BCUT2D eigenvalue weighted by atomic mass is 9.68. The summed E-state index contributed by atoms with van der Waals surface area (Å²) in [6.45, 7) is 12.2. The van der Waals surface area contributed by atoms with Gasteiger partial charge >= 0.3 is 18.5 Å². The topological polar surface area (TPSA) is 228 Å². The number of carbonyl (C=O) groups excluding carboxylic acids is 6. The molecule has 0 radical (unpaired) electrons. The van der Waals surface area contributed by atoms with Gasteiger partial charge in [0.15, 0.2) is 0 Å². The van der Waals surface area contributed by atoms with Crippen molar-refractivity contribution in [3.8, 4) is 39.5 Å². The van der Waals surface area contributed by atoms with Gasteiger partial charge in [-0.05, 0) is 158 Å². The molecule has 0 saturated carbocycles. The van der Waals surface area contributed by atoms with Gasteiger partial charge in [0, 0.05) is 57.1 Å². The fourth-order valence-corrected chi connectivity index (χ4v) is 11.8. The molecule has 2 aromatic heterocycles. The molecule has 16 nitrogen and oxygen atoms in total. The molecule has 3 aliphatic rings. The van der Waals surface area contributed by atoms with Gasteiger partial charge in [-0.1, -0.05) is 120 Å². The first-order valence-corrected chi connectivity index (χ1v) is 28.7. The standard InChI is InChI=1S/C22H25N3O.C21H23N3O.C20H24BrNO.3CO2.ClH/c1-2-26-21-9-7-20(8-10-21)22(11-13-23-14-12-22)19-5-3-17(4-6-19)18-15-24-25-16-18;1-25-20-8-6-19(7-9-20)21(10-12-22-13-11-21)18-4-2-16(3-5-18)17-14-23-24-15-17;1-2-15-23-19-9-5-17(6-10-19)20(11-13-22-14-12-20)16-3-7-18(21)8-4-16;3*2-1-3;/h3-10,15-16,23H,2,11-14H2,1H3,(H,24,25);2-9,14-15,22H,10-13H2,1H3,(H,23,24);3-10,22H,2,11-15H2,1H3;;;;1H. The van der Waals surface area contributed by atoms with E-state index in [0.29, 0.717) is 6.61 Å². The van der Waals surface area contributed by atoms with E-state index in [4.69, 9.17) is 43.0 Å². The second-order valence-electron chi connectivity index (χ2n) is 20.1. The number of ether oxygens (including phenoxy) is 3. The lowest BCUT2D eigenvalue weighted by Gasteiger charge is -2.39. The number of aromatic nitrogens is 4. The molecule has 0 spiro atoms. The van der Waals surface area contributed by atoms with Gasteiger partial charge in [-0.25, -0.2) is 0 Å². The number of aromatic amines is 2. The molecule has 11 rings (SSSR count). The zero-order valence-electron chi connectivity index (χ0n) is 47.7. The third kappa shape index (κ3) is 17.7. The number of nitrogens with one attached hydrogen (secondary N) is 4. The Kier molecular flexibility index (Phi) is 27.9. The van der Waals surface area contributed by atoms with Gasteiger partial charge in [-0.15, -0.1) is 0 Å². The zero-order chi connectivity index (χ0) is 59.2. The van der Waals surface area contributed by atoms with Gasteiger partial charge in [0.25, 0.3) is 0 Å². The van der Waals surface area contributed by atoms with Crippen molar-refractivity contribution in [3.63, 3.8) is 0 Å². The Labute approximate surface area is 505 Å². The molecule has 3 saturated heterocycles. The third-order valence-corrected chi connectivity index (χ3v) is 16.2. The lowest BCUT2D eigenvalue weighted by Crippen LogP contribution is -3.00. The number of hydrogen-bond acceptors (Lipinski definition) is 13. The smallest absolute Gasteiger partial charge is 0.373 e. The van der Waals surface area contributed by atoms with Gasteiger partial charge in [-0.2, -0.15) is 39.0 Å². The Bertz CT molecular complexity index is 3170. The van der Waals surface area contributed by atoms with Crippen molar-refractivity contribution >= 4 is 34.4 Å². The molecule has 6 N–H and O–H groups in total. The molecule has 84 heavy (non-hydrogen) atoms. The van der Waals surface area contributed by atoms with Crippen LogP contribution in [0, 0.1) is 0 Å². The number of benzene rings is 6. The van der Waals surface area contributed by atoms with E-state index < -0.39 is 0 Å². The maximum atomic E-state index is 8.12. The van der Waals surface area contributed by atoms with Crippen molar-refractivity contribution in [2.24, 2.45) is 0 Å². The summed E-state index contributed by atoms with van der Waals surface area (Å²) in [5.74, 6) is 2.82. The van der Waals surface area contributed by atoms with E-state index in [1.807, 2.05) is 31.7 Å². The fourth-order valence-electron chi connectivity index (χ4n) is 11.5. The minimum Gasteiger partial charge on any atom is -1.00 e. The second kappa shape index (κ2) is 35.2. The number of methoxy groups -OCH3 is 1. The fraction of sp³-hybridized carbons (Fsp3) is 0.318. The minimum atomic E-state index is 0. The number of halogens is 2. The summed E-state index contributed by atoms with van der Waals surface area (Å²) in [7, 11) is 1.71. The zero-order valence-corrected chi connectivity index (χ0v) is 50.0. The number of nitrogens with zero attached hydrogens (tertiary/aromatic N) is 2. The van der Waals surface area contributed by atoms with Gasteiger partial charge in [0.05, 0.1) is 45.8 Å². The first-order chi connectivity index (χ1) is 40.6. The summed E-state index contributed by atoms with van der Waals surface area (Å²) in [5.41, 5.74) is 13.2. The first kappa shape index (κ1) is 66.7. The van der Waals surface area contributed by atoms with E-state index in [1.165, 1.54) is 70.4 Å². The molecule has 440 valence electrons. The van der Waals surface area contributed by atoms with Gasteiger partial charge in [-0.3, -0.25) is 10.2 Å². The number of nitrogens with two attached hydrogens (primary N) is 1. The number of H-pyrrole nitrogens is 2. The van der Waals surface area contributed by atoms with Crippen molar-refractivity contribution in [3.05, 3.63) is 208 Å². The van der Waals surface area contributed by atoms with Crippen LogP contribution in [0.15, 0.2) is 175 Å². The van der Waals surface area contributed by atoms with Gasteiger partial charge in [0.1, 0.15) is 17.2 Å². The molecule has 3 aliphatic heterocycles. The summed E-state index contributed by atoms with van der Waals surface area (Å²) >= 11 is 3.55. The van der Waals surface area contributed by atoms with E-state index in [-0.39, 0.29) is 47.1 Å². The van der Waals surface area contributed by atoms with Crippen LogP contribution >= 0.6 is 15.9 Å². The monoisotopic (exact) mass is 1220 g/mol. The molecule has 0 bridgehead atoms. The van der Waals surface area contributed by atoms with Crippen molar-refractivity contribution in [1.82, 2.24) is 31.0 Å². The van der Waals surface area contributed by atoms with E-state index >= 15 is 0 Å².